The van der Waals surface area contributed by atoms with Gasteiger partial charge in [0.2, 0.25) is 0 Å². The highest BCUT2D eigenvalue weighted by Gasteiger charge is 2.03. The first-order valence-electron chi connectivity index (χ1n) is 5.74. The lowest BCUT2D eigenvalue weighted by Gasteiger charge is -2.06. The van der Waals surface area contributed by atoms with Crippen LogP contribution in [0, 0.1) is 6.92 Å². The van der Waals surface area contributed by atoms with Crippen molar-refractivity contribution in [2.24, 2.45) is 0 Å². The molecule has 3 nitrogen and oxygen atoms in total. The first-order chi connectivity index (χ1) is 8.15. The predicted octanol–water partition coefficient (Wildman–Crippen LogP) is 2.64. The lowest BCUT2D eigenvalue weighted by Crippen LogP contribution is -2.03. The third-order valence-electron chi connectivity index (χ3n) is 2.73. The van der Waals surface area contributed by atoms with Crippen LogP contribution in [0.15, 0.2) is 36.7 Å². The molecule has 0 aliphatic heterocycles. The Morgan fingerprint density at radius 1 is 1.35 bits per heavy atom. The molecule has 0 aliphatic carbocycles. The van der Waals surface area contributed by atoms with Gasteiger partial charge in [0.25, 0.3) is 0 Å². The quantitative estimate of drug-likeness (QED) is 0.754. The lowest BCUT2D eigenvalue weighted by atomic mass is 10.0. The molecule has 0 N–H and O–H groups in total. The van der Waals surface area contributed by atoms with Crippen LogP contribution >= 0.6 is 0 Å². The Labute approximate surface area is 101 Å². The highest BCUT2D eigenvalue weighted by atomic mass is 16.1. The second kappa shape index (κ2) is 4.95. The third-order valence-corrected chi connectivity index (χ3v) is 2.73. The van der Waals surface area contributed by atoms with Crippen molar-refractivity contribution in [2.45, 2.75) is 26.8 Å². The van der Waals surface area contributed by atoms with Gasteiger partial charge in [-0.1, -0.05) is 11.6 Å². The summed E-state index contributed by atoms with van der Waals surface area (Å²) in [5.41, 5.74) is 3.11. The number of benzene rings is 1. The van der Waals surface area contributed by atoms with Crippen LogP contribution in [-0.2, 0) is 13.0 Å². The Hall–Kier alpha value is -1.90. The summed E-state index contributed by atoms with van der Waals surface area (Å²) in [6.45, 7) is 4.46. The molecule has 0 saturated carbocycles. The molecule has 1 aromatic heterocycles. The first kappa shape index (κ1) is 11.6. The van der Waals surface area contributed by atoms with Gasteiger partial charge in [-0.25, -0.2) is 0 Å². The van der Waals surface area contributed by atoms with Gasteiger partial charge < -0.3 is 0 Å². The van der Waals surface area contributed by atoms with Gasteiger partial charge in [0.05, 0.1) is 0 Å². The number of rotatable bonds is 4. The molecule has 0 amide bonds. The number of hydrogen-bond acceptors (Lipinski definition) is 2. The Morgan fingerprint density at radius 3 is 2.82 bits per heavy atom. The van der Waals surface area contributed by atoms with Crippen LogP contribution in [0.3, 0.4) is 0 Å². The summed E-state index contributed by atoms with van der Waals surface area (Å²) < 4.78 is 1.90. The van der Waals surface area contributed by atoms with Crippen LogP contribution in [-0.4, -0.2) is 15.6 Å². The second-order valence-corrected chi connectivity index (χ2v) is 4.28. The Kier molecular flexibility index (Phi) is 3.38. The van der Waals surface area contributed by atoms with Gasteiger partial charge in [-0.05, 0) is 44.0 Å². The van der Waals surface area contributed by atoms with Crippen LogP contribution in [0.2, 0.25) is 0 Å². The molecule has 17 heavy (non-hydrogen) atoms. The molecule has 0 aliphatic rings. The Morgan fingerprint density at radius 2 is 2.18 bits per heavy atom. The smallest absolute Gasteiger partial charge is 0.159 e. The van der Waals surface area contributed by atoms with Crippen molar-refractivity contribution in [2.75, 3.05) is 0 Å². The maximum atomic E-state index is 11.4. The van der Waals surface area contributed by atoms with Crippen molar-refractivity contribution in [3.63, 3.8) is 0 Å². The number of ketones is 1. The van der Waals surface area contributed by atoms with E-state index in [4.69, 9.17) is 0 Å². The minimum atomic E-state index is 0.119. The van der Waals surface area contributed by atoms with Crippen LogP contribution in [0.1, 0.15) is 28.4 Å². The van der Waals surface area contributed by atoms with E-state index in [1.807, 2.05) is 36.0 Å². The first-order valence-corrected chi connectivity index (χ1v) is 5.74. The zero-order chi connectivity index (χ0) is 12.3. The van der Waals surface area contributed by atoms with Gasteiger partial charge >= 0.3 is 0 Å². The Bertz CT molecular complexity index is 515. The maximum absolute atomic E-state index is 11.4. The van der Waals surface area contributed by atoms with E-state index >= 15 is 0 Å². The molecule has 3 heteroatoms. The number of hydrogen-bond donors (Lipinski definition) is 0. The summed E-state index contributed by atoms with van der Waals surface area (Å²) in [7, 11) is 0. The number of aryl methyl sites for hydroxylation is 3. The highest BCUT2D eigenvalue weighted by molar-refractivity contribution is 5.94. The van der Waals surface area contributed by atoms with Gasteiger partial charge in [-0.2, -0.15) is 5.10 Å². The van der Waals surface area contributed by atoms with Gasteiger partial charge in [0, 0.05) is 24.5 Å². The molecule has 0 atom stereocenters. The molecule has 2 rings (SSSR count). The molecule has 0 saturated heterocycles. The molecular weight excluding hydrogens is 212 g/mol. The summed E-state index contributed by atoms with van der Waals surface area (Å²) in [6.07, 6.45) is 4.61. The summed E-state index contributed by atoms with van der Waals surface area (Å²) in [4.78, 5) is 11.4. The predicted molar refractivity (Wildman–Crippen MR) is 67.1 cm³/mol. The van der Waals surface area contributed by atoms with Crippen LogP contribution in [0.25, 0.3) is 0 Å². The lowest BCUT2D eigenvalue weighted by molar-refractivity contribution is 0.101. The van der Waals surface area contributed by atoms with Crippen LogP contribution in [0.4, 0.5) is 0 Å². The van der Waals surface area contributed by atoms with Crippen LogP contribution < -0.4 is 0 Å². The van der Waals surface area contributed by atoms with E-state index in [-0.39, 0.29) is 5.78 Å². The van der Waals surface area contributed by atoms with Crippen LogP contribution in [0.5, 0.6) is 0 Å². The van der Waals surface area contributed by atoms with E-state index in [9.17, 15) is 4.79 Å². The van der Waals surface area contributed by atoms with E-state index in [1.165, 1.54) is 5.56 Å². The van der Waals surface area contributed by atoms with Crippen molar-refractivity contribution in [1.82, 2.24) is 9.78 Å². The van der Waals surface area contributed by atoms with E-state index in [0.717, 1.165) is 24.1 Å². The third kappa shape index (κ3) is 3.03. The minimum absolute atomic E-state index is 0.119. The molecule has 88 valence electrons. The fraction of sp³-hybridized carbons (Fsp3) is 0.286. The van der Waals surface area contributed by atoms with Crippen molar-refractivity contribution < 1.29 is 4.79 Å². The van der Waals surface area contributed by atoms with Crippen molar-refractivity contribution in [3.8, 4) is 0 Å². The second-order valence-electron chi connectivity index (χ2n) is 4.28. The minimum Gasteiger partial charge on any atom is -0.295 e. The van der Waals surface area contributed by atoms with Gasteiger partial charge in [0.1, 0.15) is 0 Å². The summed E-state index contributed by atoms with van der Waals surface area (Å²) in [5, 5.41) is 4.16. The number of carbonyl (C=O) groups excluding carboxylic acids is 1. The highest BCUT2D eigenvalue weighted by Crippen LogP contribution is 2.11. The maximum Gasteiger partial charge on any atom is 0.159 e. The van der Waals surface area contributed by atoms with E-state index in [0.29, 0.717) is 0 Å². The molecule has 1 heterocycles. The molecule has 0 bridgehead atoms. The summed E-state index contributed by atoms with van der Waals surface area (Å²) in [6, 6.07) is 7.94. The average Bonchev–Trinajstić information content (AvgIpc) is 2.78. The largest absolute Gasteiger partial charge is 0.295 e. The van der Waals surface area contributed by atoms with Gasteiger partial charge in [-0.3, -0.25) is 9.48 Å². The van der Waals surface area contributed by atoms with Crippen molar-refractivity contribution in [1.29, 1.82) is 0 Å². The number of nitrogens with zero attached hydrogens (tertiary/aromatic N) is 2. The van der Waals surface area contributed by atoms with Gasteiger partial charge in [-0.15, -0.1) is 0 Å². The molecule has 0 spiro atoms. The van der Waals surface area contributed by atoms with E-state index in [1.54, 1.807) is 13.1 Å². The zero-order valence-corrected chi connectivity index (χ0v) is 10.2. The van der Waals surface area contributed by atoms with Crippen molar-refractivity contribution in [3.05, 3.63) is 53.3 Å². The SMILES string of the molecule is CC(=O)c1cc(C)cc(CCn2cccn2)c1. The fourth-order valence-corrected chi connectivity index (χ4v) is 1.89. The molecule has 0 fully saturated rings. The monoisotopic (exact) mass is 228 g/mol. The standard InChI is InChI=1S/C14H16N2O/c1-11-8-13(10-14(9-11)12(2)17)4-7-16-6-3-5-15-16/h3,5-6,8-10H,4,7H2,1-2H3. The number of aromatic nitrogens is 2. The normalized spacial score (nSPS) is 10.5. The average molecular weight is 228 g/mol. The Balaban J connectivity index is 2.13. The number of carbonyl (C=O) groups is 1. The summed E-state index contributed by atoms with van der Waals surface area (Å²) in [5.74, 6) is 0.119. The van der Waals surface area contributed by atoms with E-state index < -0.39 is 0 Å². The molecular formula is C14H16N2O. The zero-order valence-electron chi connectivity index (χ0n) is 10.2. The molecule has 2 aromatic rings. The topological polar surface area (TPSA) is 34.9 Å². The molecule has 1 aromatic carbocycles. The summed E-state index contributed by atoms with van der Waals surface area (Å²) >= 11 is 0. The number of Topliss-reactive ketones (excluding diaryl/α,β-unsaturated/α-hetero) is 1. The molecule has 0 unspecified atom stereocenters. The van der Waals surface area contributed by atoms with E-state index in [2.05, 4.69) is 11.2 Å². The fourth-order valence-electron chi connectivity index (χ4n) is 1.89. The van der Waals surface area contributed by atoms with Gasteiger partial charge in [0.15, 0.2) is 5.78 Å². The molecule has 0 radical (unpaired) electrons. The van der Waals surface area contributed by atoms with Crippen molar-refractivity contribution >= 4 is 5.78 Å².